The molecule has 0 aliphatic rings. The highest BCUT2D eigenvalue weighted by Gasteiger charge is 2.06. The zero-order valence-electron chi connectivity index (χ0n) is 10.3. The Morgan fingerprint density at radius 3 is 1.67 bits per heavy atom. The van der Waals surface area contributed by atoms with Crippen LogP contribution in [-0.4, -0.2) is 48.0 Å². The van der Waals surface area contributed by atoms with Crippen molar-refractivity contribution in [2.24, 2.45) is 5.92 Å². The molecule has 0 aromatic heterocycles. The van der Waals surface area contributed by atoms with Crippen molar-refractivity contribution in [1.29, 1.82) is 0 Å². The first-order chi connectivity index (χ1) is 7.20. The van der Waals surface area contributed by atoms with Gasteiger partial charge in [-0.25, -0.2) is 0 Å². The summed E-state index contributed by atoms with van der Waals surface area (Å²) in [5.74, 6) is 0.688. The van der Waals surface area contributed by atoms with Crippen LogP contribution in [0.2, 0.25) is 0 Å². The van der Waals surface area contributed by atoms with E-state index in [0.717, 1.165) is 45.3 Å². The zero-order chi connectivity index (χ0) is 11.5. The van der Waals surface area contributed by atoms with Crippen molar-refractivity contribution in [3.63, 3.8) is 0 Å². The summed E-state index contributed by atoms with van der Waals surface area (Å²) >= 11 is 0. The summed E-state index contributed by atoms with van der Waals surface area (Å²) < 4.78 is 0. The summed E-state index contributed by atoms with van der Waals surface area (Å²) in [6, 6.07) is 0. The molecule has 2 N–H and O–H groups in total. The number of nitrogens with zero attached hydrogens (tertiary/aromatic N) is 1. The van der Waals surface area contributed by atoms with Crippen molar-refractivity contribution in [3.8, 4) is 0 Å². The van der Waals surface area contributed by atoms with E-state index in [4.69, 9.17) is 10.2 Å². The zero-order valence-corrected chi connectivity index (χ0v) is 10.3. The molecule has 0 unspecified atom stereocenters. The molecule has 3 heteroatoms. The van der Waals surface area contributed by atoms with Crippen molar-refractivity contribution in [2.45, 2.75) is 39.5 Å². The van der Waals surface area contributed by atoms with Crippen molar-refractivity contribution in [3.05, 3.63) is 0 Å². The highest BCUT2D eigenvalue weighted by atomic mass is 16.3. The Morgan fingerprint density at radius 2 is 1.33 bits per heavy atom. The van der Waals surface area contributed by atoms with Gasteiger partial charge in [-0.05, 0) is 44.7 Å². The van der Waals surface area contributed by atoms with Gasteiger partial charge in [-0.1, -0.05) is 13.8 Å². The molecule has 0 spiro atoms. The Hall–Kier alpha value is -0.120. The summed E-state index contributed by atoms with van der Waals surface area (Å²) in [6.45, 7) is 8.32. The predicted molar refractivity (Wildman–Crippen MR) is 63.9 cm³/mol. The Balaban J connectivity index is 3.63. The standard InChI is InChI=1S/C12H27NO2/c1-12(2)11-13(7-3-5-9-14)8-4-6-10-15/h12,14-15H,3-11H2,1-2H3. The van der Waals surface area contributed by atoms with E-state index < -0.39 is 0 Å². The van der Waals surface area contributed by atoms with Gasteiger partial charge >= 0.3 is 0 Å². The minimum atomic E-state index is 0.298. The van der Waals surface area contributed by atoms with E-state index in [9.17, 15) is 0 Å². The quantitative estimate of drug-likeness (QED) is 0.545. The molecule has 3 nitrogen and oxygen atoms in total. The largest absolute Gasteiger partial charge is 0.396 e. The minimum Gasteiger partial charge on any atom is -0.396 e. The van der Waals surface area contributed by atoms with E-state index in [1.807, 2.05) is 0 Å². The lowest BCUT2D eigenvalue weighted by Gasteiger charge is -2.24. The van der Waals surface area contributed by atoms with Crippen LogP contribution in [-0.2, 0) is 0 Å². The van der Waals surface area contributed by atoms with Gasteiger partial charge in [0.15, 0.2) is 0 Å². The topological polar surface area (TPSA) is 43.7 Å². The maximum absolute atomic E-state index is 8.72. The van der Waals surface area contributed by atoms with Crippen LogP contribution >= 0.6 is 0 Å². The van der Waals surface area contributed by atoms with Crippen molar-refractivity contribution in [1.82, 2.24) is 4.90 Å². The number of unbranched alkanes of at least 4 members (excludes halogenated alkanes) is 2. The molecule has 0 rings (SSSR count). The van der Waals surface area contributed by atoms with Gasteiger partial charge in [0.1, 0.15) is 0 Å². The third kappa shape index (κ3) is 10.2. The molecular weight excluding hydrogens is 190 g/mol. The summed E-state index contributed by atoms with van der Waals surface area (Å²) in [4.78, 5) is 2.44. The fourth-order valence-electron chi connectivity index (χ4n) is 1.71. The van der Waals surface area contributed by atoms with E-state index in [1.165, 1.54) is 0 Å². The first kappa shape index (κ1) is 14.9. The second-order valence-electron chi connectivity index (χ2n) is 4.56. The lowest BCUT2D eigenvalue weighted by atomic mass is 10.2. The predicted octanol–water partition coefficient (Wildman–Crippen LogP) is 1.49. The molecule has 0 bridgehead atoms. The van der Waals surface area contributed by atoms with Gasteiger partial charge in [-0.15, -0.1) is 0 Å². The molecule has 0 heterocycles. The molecule has 92 valence electrons. The molecule has 0 aromatic carbocycles. The van der Waals surface area contributed by atoms with Gasteiger partial charge in [-0.2, -0.15) is 0 Å². The van der Waals surface area contributed by atoms with E-state index in [0.29, 0.717) is 19.1 Å². The molecule has 0 aromatic rings. The van der Waals surface area contributed by atoms with Gasteiger partial charge in [0.05, 0.1) is 0 Å². The molecule has 0 atom stereocenters. The van der Waals surface area contributed by atoms with Crippen LogP contribution in [0.25, 0.3) is 0 Å². The van der Waals surface area contributed by atoms with Crippen LogP contribution in [0.15, 0.2) is 0 Å². The highest BCUT2D eigenvalue weighted by molar-refractivity contribution is 4.60. The van der Waals surface area contributed by atoms with Gasteiger partial charge < -0.3 is 15.1 Å². The number of hydrogen-bond donors (Lipinski definition) is 2. The summed E-state index contributed by atoms with van der Waals surface area (Å²) in [5.41, 5.74) is 0. The molecule has 0 amide bonds. The van der Waals surface area contributed by atoms with Gasteiger partial charge in [0.25, 0.3) is 0 Å². The number of aliphatic hydroxyl groups is 2. The Labute approximate surface area is 94.1 Å². The summed E-state index contributed by atoms with van der Waals surface area (Å²) in [6.07, 6.45) is 3.94. The lowest BCUT2D eigenvalue weighted by Crippen LogP contribution is -2.30. The van der Waals surface area contributed by atoms with Gasteiger partial charge in [0.2, 0.25) is 0 Å². The van der Waals surface area contributed by atoms with Crippen molar-refractivity contribution < 1.29 is 10.2 Å². The Morgan fingerprint density at radius 1 is 0.867 bits per heavy atom. The van der Waals surface area contributed by atoms with Crippen molar-refractivity contribution >= 4 is 0 Å². The van der Waals surface area contributed by atoms with Crippen LogP contribution in [0.3, 0.4) is 0 Å². The number of hydrogen-bond acceptors (Lipinski definition) is 3. The molecule has 0 saturated carbocycles. The van der Waals surface area contributed by atoms with Crippen LogP contribution in [0.4, 0.5) is 0 Å². The fraction of sp³-hybridized carbons (Fsp3) is 1.00. The molecule has 0 fully saturated rings. The molecular formula is C12H27NO2. The normalized spacial score (nSPS) is 11.6. The van der Waals surface area contributed by atoms with E-state index >= 15 is 0 Å². The fourth-order valence-corrected chi connectivity index (χ4v) is 1.71. The minimum absolute atomic E-state index is 0.298. The van der Waals surface area contributed by atoms with E-state index in [-0.39, 0.29) is 0 Å². The number of aliphatic hydroxyl groups excluding tert-OH is 2. The van der Waals surface area contributed by atoms with E-state index in [2.05, 4.69) is 18.7 Å². The Bertz CT molecular complexity index is 119. The monoisotopic (exact) mass is 217 g/mol. The van der Waals surface area contributed by atoms with Crippen LogP contribution < -0.4 is 0 Å². The molecule has 15 heavy (non-hydrogen) atoms. The van der Waals surface area contributed by atoms with Crippen LogP contribution in [0.5, 0.6) is 0 Å². The van der Waals surface area contributed by atoms with E-state index in [1.54, 1.807) is 0 Å². The second-order valence-corrected chi connectivity index (χ2v) is 4.56. The third-order valence-electron chi connectivity index (χ3n) is 2.39. The Kier molecular flexibility index (Phi) is 10.3. The molecule has 0 radical (unpaired) electrons. The maximum atomic E-state index is 8.72. The maximum Gasteiger partial charge on any atom is 0.0431 e. The first-order valence-electron chi connectivity index (χ1n) is 6.14. The van der Waals surface area contributed by atoms with Crippen LogP contribution in [0.1, 0.15) is 39.5 Å². The second kappa shape index (κ2) is 10.4. The SMILES string of the molecule is CC(C)CN(CCCCO)CCCCO. The average Bonchev–Trinajstić information content (AvgIpc) is 2.17. The van der Waals surface area contributed by atoms with Crippen molar-refractivity contribution in [2.75, 3.05) is 32.8 Å². The summed E-state index contributed by atoms with van der Waals surface area (Å²) in [5, 5.41) is 17.4. The summed E-state index contributed by atoms with van der Waals surface area (Å²) in [7, 11) is 0. The molecule has 0 aliphatic heterocycles. The molecule has 0 saturated heterocycles. The molecule has 0 aliphatic carbocycles. The smallest absolute Gasteiger partial charge is 0.0431 e. The third-order valence-corrected chi connectivity index (χ3v) is 2.39. The average molecular weight is 217 g/mol. The highest BCUT2D eigenvalue weighted by Crippen LogP contribution is 2.03. The lowest BCUT2D eigenvalue weighted by molar-refractivity contribution is 0.210. The van der Waals surface area contributed by atoms with Gasteiger partial charge in [-0.3, -0.25) is 0 Å². The van der Waals surface area contributed by atoms with Gasteiger partial charge in [0, 0.05) is 19.8 Å². The van der Waals surface area contributed by atoms with Crippen LogP contribution in [0, 0.1) is 5.92 Å². The first-order valence-corrected chi connectivity index (χ1v) is 6.14. The number of rotatable bonds is 10.